The lowest BCUT2D eigenvalue weighted by molar-refractivity contribution is -0.137. The summed E-state index contributed by atoms with van der Waals surface area (Å²) in [5, 5.41) is 3.39. The van der Waals surface area contributed by atoms with Crippen molar-refractivity contribution in [3.05, 3.63) is 70.1 Å². The molecule has 0 aromatic heterocycles. The maximum absolute atomic E-state index is 13.1. The number of hydrogen-bond acceptors (Lipinski definition) is 6. The zero-order valence-electron chi connectivity index (χ0n) is 21.8. The highest BCUT2D eigenvalue weighted by Gasteiger charge is 2.47. The van der Waals surface area contributed by atoms with E-state index in [9.17, 15) is 48.0 Å². The minimum Gasteiger partial charge on any atom is -0.308 e. The van der Waals surface area contributed by atoms with Crippen molar-refractivity contribution in [3.8, 4) is 0 Å². The van der Waals surface area contributed by atoms with Crippen molar-refractivity contribution in [2.24, 2.45) is 4.99 Å². The Hall–Kier alpha value is -3.28. The number of rotatable bonds is 7. The first-order valence-electron chi connectivity index (χ1n) is 12.3. The van der Waals surface area contributed by atoms with Gasteiger partial charge in [0.2, 0.25) is 20.0 Å². The summed E-state index contributed by atoms with van der Waals surface area (Å²) < 4.78 is 129. The van der Waals surface area contributed by atoms with Crippen molar-refractivity contribution in [1.82, 2.24) is 14.3 Å². The van der Waals surface area contributed by atoms with Crippen molar-refractivity contribution < 1.29 is 48.0 Å². The van der Waals surface area contributed by atoms with Gasteiger partial charge in [-0.15, -0.1) is 0 Å². The number of halogens is 6. The molecule has 2 heterocycles. The first-order chi connectivity index (χ1) is 19.3. The van der Waals surface area contributed by atoms with Crippen LogP contribution >= 0.6 is 0 Å². The molecule has 42 heavy (non-hydrogen) atoms. The lowest BCUT2D eigenvalue weighted by atomic mass is 9.89. The van der Waals surface area contributed by atoms with Gasteiger partial charge in [0.05, 0.1) is 10.5 Å². The lowest BCUT2D eigenvalue weighted by Gasteiger charge is -2.34. The van der Waals surface area contributed by atoms with E-state index < -0.39 is 60.8 Å². The van der Waals surface area contributed by atoms with E-state index in [0.29, 0.717) is 5.56 Å². The molecule has 1 saturated heterocycles. The zero-order valence-corrected chi connectivity index (χ0v) is 23.4. The fourth-order valence-corrected chi connectivity index (χ4v) is 6.74. The Labute approximate surface area is 237 Å². The van der Waals surface area contributed by atoms with Crippen LogP contribution in [-0.4, -0.2) is 64.2 Å². The molecule has 1 amide bonds. The molecule has 0 radical (unpaired) electrons. The molecular weight excluding hydrogens is 614 g/mol. The number of nitrogens with zero attached hydrogens (tertiary/aromatic N) is 2. The highest BCUT2D eigenvalue weighted by molar-refractivity contribution is 7.92. The molecule has 0 atom stereocenters. The van der Waals surface area contributed by atoms with Crippen LogP contribution in [0.4, 0.5) is 26.3 Å². The second kappa shape index (κ2) is 11.1. The summed E-state index contributed by atoms with van der Waals surface area (Å²) in [6.45, 7) is -0.510. The summed E-state index contributed by atoms with van der Waals surface area (Å²) in [7, 11) is -8.47. The summed E-state index contributed by atoms with van der Waals surface area (Å²) in [5.74, 6) is -0.574. The average Bonchev–Trinajstić information content (AvgIpc) is 3.21. The van der Waals surface area contributed by atoms with Crippen LogP contribution in [0.2, 0.25) is 0 Å². The first kappa shape index (κ1) is 31.7. The quantitative estimate of drug-likeness (QED) is 0.449. The summed E-state index contributed by atoms with van der Waals surface area (Å²) in [5.41, 5.74) is -1.59. The van der Waals surface area contributed by atoms with E-state index in [0.717, 1.165) is 34.0 Å². The first-order valence-corrected chi connectivity index (χ1v) is 15.2. The Morgan fingerprint density at radius 3 is 2.29 bits per heavy atom. The minimum absolute atomic E-state index is 0.0229. The Bertz CT molecular complexity index is 1660. The van der Waals surface area contributed by atoms with Gasteiger partial charge in [-0.05, 0) is 61.2 Å². The number of benzene rings is 2. The molecule has 2 aromatic rings. The molecule has 2 aliphatic heterocycles. The normalized spacial score (nSPS) is 18.5. The molecular formula is C25H24F6N4O5S2. The molecule has 0 aliphatic carbocycles. The molecule has 1 fully saturated rings. The molecule has 0 unspecified atom stereocenters. The third kappa shape index (κ3) is 7.02. The van der Waals surface area contributed by atoms with Gasteiger partial charge in [-0.1, -0.05) is 18.2 Å². The maximum atomic E-state index is 13.1. The van der Waals surface area contributed by atoms with Gasteiger partial charge in [0.15, 0.2) is 0 Å². The number of aliphatic imine (C=N–C) groups is 1. The smallest absolute Gasteiger partial charge is 0.308 e. The Balaban J connectivity index is 1.45. The second-order valence-electron chi connectivity index (χ2n) is 9.73. The fourth-order valence-electron chi connectivity index (χ4n) is 4.45. The van der Waals surface area contributed by atoms with E-state index in [1.807, 2.05) is 0 Å². The van der Waals surface area contributed by atoms with Gasteiger partial charge in [0, 0.05) is 24.1 Å². The predicted molar refractivity (Wildman–Crippen MR) is 140 cm³/mol. The van der Waals surface area contributed by atoms with E-state index in [1.165, 1.54) is 35.9 Å². The van der Waals surface area contributed by atoms with Crippen LogP contribution < -0.4 is 10.0 Å². The molecule has 228 valence electrons. The minimum atomic E-state index is -4.74. The number of nitrogens with one attached hydrogen (secondary N) is 2. The number of sulfonamides is 2. The number of amides is 1. The van der Waals surface area contributed by atoms with E-state index in [1.54, 1.807) is 0 Å². The molecule has 2 N–H and O–H groups in total. The van der Waals surface area contributed by atoms with Gasteiger partial charge in [-0.3, -0.25) is 9.79 Å². The van der Waals surface area contributed by atoms with E-state index in [-0.39, 0.29) is 42.9 Å². The van der Waals surface area contributed by atoms with Gasteiger partial charge in [-0.25, -0.2) is 21.6 Å². The third-order valence-corrected chi connectivity index (χ3v) is 9.75. The number of hydrogen-bond donors (Lipinski definition) is 2. The highest BCUT2D eigenvalue weighted by atomic mass is 32.2. The molecule has 2 aromatic carbocycles. The van der Waals surface area contributed by atoms with Gasteiger partial charge >= 0.3 is 12.4 Å². The number of amidine groups is 1. The summed E-state index contributed by atoms with van der Waals surface area (Å²) >= 11 is 0. The zero-order chi connectivity index (χ0) is 31.1. The Morgan fingerprint density at radius 1 is 1.02 bits per heavy atom. The number of carbonyl (C=O) groups excluding carboxylic acids is 1. The van der Waals surface area contributed by atoms with E-state index >= 15 is 0 Å². The second-order valence-corrected chi connectivity index (χ2v) is 13.3. The van der Waals surface area contributed by atoms with Crippen LogP contribution in [-0.2, 0) is 31.0 Å². The van der Waals surface area contributed by atoms with Crippen LogP contribution in [0, 0.1) is 6.92 Å². The SMILES string of the molecule is Cc1cc(S(=O)(=O)NCC(F)(F)F)ccc1/C=C/S(=O)(=O)N1CCC2(CC1)N=C(c1cccc(C(F)(F)F)c1)NC2=O. The van der Waals surface area contributed by atoms with Crippen LogP contribution in [0.5, 0.6) is 0 Å². The monoisotopic (exact) mass is 638 g/mol. The average molecular weight is 639 g/mol. The molecule has 17 heteroatoms. The molecule has 0 bridgehead atoms. The molecule has 2 aliphatic rings. The number of aryl methyl sites for hydroxylation is 1. The molecule has 4 rings (SSSR count). The standard InChI is InChI=1S/C25H24F6N4O5S2/c1-16-13-20(42(39,40)32-15-24(26,27)28)6-5-17(16)7-12-41(37,38)35-10-8-23(9-11-35)22(36)33-21(34-23)18-3-2-4-19(14-18)25(29,30)31/h2-7,12-14,32H,8-11,15H2,1H3,(H,33,34,36)/b12-7+. The Kier molecular flexibility index (Phi) is 8.36. The summed E-state index contributed by atoms with van der Waals surface area (Å²) in [6, 6.07) is 7.73. The van der Waals surface area contributed by atoms with E-state index in [2.05, 4.69) is 10.3 Å². The lowest BCUT2D eigenvalue weighted by Crippen LogP contribution is -2.50. The van der Waals surface area contributed by atoms with Crippen molar-refractivity contribution in [2.45, 2.75) is 42.6 Å². The van der Waals surface area contributed by atoms with Gasteiger partial charge in [0.25, 0.3) is 5.91 Å². The summed E-state index contributed by atoms with van der Waals surface area (Å²) in [6.07, 6.45) is -8.17. The molecule has 1 spiro atoms. The van der Waals surface area contributed by atoms with Crippen molar-refractivity contribution in [3.63, 3.8) is 0 Å². The largest absolute Gasteiger partial charge is 0.416 e. The van der Waals surface area contributed by atoms with Crippen LogP contribution in [0.3, 0.4) is 0 Å². The van der Waals surface area contributed by atoms with E-state index in [4.69, 9.17) is 0 Å². The van der Waals surface area contributed by atoms with Gasteiger partial charge in [0.1, 0.15) is 17.9 Å². The van der Waals surface area contributed by atoms with Crippen LogP contribution in [0.1, 0.15) is 35.1 Å². The van der Waals surface area contributed by atoms with Crippen molar-refractivity contribution in [2.75, 3.05) is 19.6 Å². The van der Waals surface area contributed by atoms with Crippen molar-refractivity contribution in [1.29, 1.82) is 0 Å². The van der Waals surface area contributed by atoms with Gasteiger partial charge < -0.3 is 5.32 Å². The Morgan fingerprint density at radius 2 is 1.69 bits per heavy atom. The highest BCUT2D eigenvalue weighted by Crippen LogP contribution is 2.34. The maximum Gasteiger partial charge on any atom is 0.416 e. The number of alkyl halides is 6. The summed E-state index contributed by atoms with van der Waals surface area (Å²) in [4.78, 5) is 16.7. The molecule has 0 saturated carbocycles. The fraction of sp³-hybridized carbons (Fsp3) is 0.360. The van der Waals surface area contributed by atoms with Gasteiger partial charge in [-0.2, -0.15) is 30.6 Å². The topological polar surface area (TPSA) is 125 Å². The van der Waals surface area contributed by atoms with Crippen LogP contribution in [0.15, 0.2) is 57.8 Å². The van der Waals surface area contributed by atoms with Crippen LogP contribution in [0.25, 0.3) is 6.08 Å². The molecule has 9 nitrogen and oxygen atoms in total. The number of piperidine rings is 1. The van der Waals surface area contributed by atoms with Crippen molar-refractivity contribution >= 4 is 37.9 Å². The number of carbonyl (C=O) groups is 1. The predicted octanol–water partition coefficient (Wildman–Crippen LogP) is 3.57. The third-order valence-electron chi connectivity index (χ3n) is 6.79.